The molecule has 10 unspecified atom stereocenters. The molecular formula is C22H24BN7O12P2. The van der Waals surface area contributed by atoms with Crippen LogP contribution in [0.3, 0.4) is 0 Å². The Balaban J connectivity index is 1.21. The maximum Gasteiger partial charge on any atom is 0.472 e. The molecule has 3 aromatic heterocycles. The van der Waals surface area contributed by atoms with Crippen LogP contribution in [0.25, 0.3) is 22.2 Å². The number of anilines is 1. The number of nitrogen functional groups attached to an aromatic ring is 1. The van der Waals surface area contributed by atoms with Crippen LogP contribution in [0.4, 0.5) is 5.95 Å². The number of phosphoric acid groups is 1. The Hall–Kier alpha value is -3.00. The second kappa shape index (κ2) is 10.8. The first-order valence-electron chi connectivity index (χ1n) is 13.1. The number of nitrogens with one attached hydrogen (secondary N) is 1. The van der Waals surface area contributed by atoms with Crippen molar-refractivity contribution in [3.8, 4) is 0 Å². The van der Waals surface area contributed by atoms with Gasteiger partial charge < -0.3 is 43.9 Å². The van der Waals surface area contributed by atoms with Crippen molar-refractivity contribution in [2.75, 3.05) is 18.9 Å². The number of rotatable bonds is 2. The van der Waals surface area contributed by atoms with Crippen molar-refractivity contribution in [1.29, 1.82) is 0 Å². The molecule has 0 amide bonds. The maximum absolute atomic E-state index is 13.4. The van der Waals surface area contributed by atoms with E-state index >= 15 is 0 Å². The number of imidazole rings is 2. The van der Waals surface area contributed by atoms with Crippen LogP contribution >= 0.6 is 15.3 Å². The van der Waals surface area contributed by atoms with Crippen LogP contribution in [0.5, 0.6) is 0 Å². The number of benzene rings is 1. The summed E-state index contributed by atoms with van der Waals surface area (Å²) in [7, 11) is -3.64. The minimum Gasteiger partial charge on any atom is -0.387 e. The first-order valence-corrected chi connectivity index (χ1v) is 16.2. The number of aliphatic hydroxyl groups is 2. The molecule has 19 nitrogen and oxygen atoms in total. The van der Waals surface area contributed by atoms with Crippen LogP contribution in [-0.2, 0) is 36.7 Å². The topological polar surface area (TPSA) is 258 Å². The van der Waals surface area contributed by atoms with Crippen LogP contribution in [-0.4, -0.2) is 102 Å². The van der Waals surface area contributed by atoms with Crippen LogP contribution < -0.4 is 11.3 Å². The van der Waals surface area contributed by atoms with Crippen molar-refractivity contribution >= 4 is 51.0 Å². The molecule has 44 heavy (non-hydrogen) atoms. The van der Waals surface area contributed by atoms with Gasteiger partial charge in [-0.25, -0.2) is 14.5 Å². The van der Waals surface area contributed by atoms with E-state index in [1.165, 1.54) is 15.5 Å². The summed E-state index contributed by atoms with van der Waals surface area (Å²) in [6, 6.07) is 6.99. The van der Waals surface area contributed by atoms with Gasteiger partial charge in [0.25, 0.3) is 13.0 Å². The Labute approximate surface area is 247 Å². The molecule has 0 spiro atoms. The highest BCUT2D eigenvalue weighted by Gasteiger charge is 2.53. The van der Waals surface area contributed by atoms with E-state index in [-0.39, 0.29) is 17.1 Å². The molecule has 4 aromatic rings. The minimum atomic E-state index is -4.98. The van der Waals surface area contributed by atoms with Gasteiger partial charge in [0.15, 0.2) is 23.6 Å². The number of aromatic amines is 1. The largest absolute Gasteiger partial charge is 0.472 e. The average molecular weight is 651 g/mol. The van der Waals surface area contributed by atoms with E-state index in [1.807, 2.05) is 0 Å². The molecule has 2 bridgehead atoms. The van der Waals surface area contributed by atoms with E-state index in [0.717, 1.165) is 6.33 Å². The SMILES string of the molecule is [B]P1(=O)OCC2OC(n3cnc4ccccc43)C(O)C2OP(=O)(O)OCC2OC(n3cnc4c(=O)[nH]c(N)nc43)C(O1)C2O. The Kier molecular flexibility index (Phi) is 7.30. The van der Waals surface area contributed by atoms with Gasteiger partial charge in [-0.2, -0.15) is 4.98 Å². The summed E-state index contributed by atoms with van der Waals surface area (Å²) in [4.78, 5) is 37.5. The van der Waals surface area contributed by atoms with Gasteiger partial charge in [-0.15, -0.1) is 0 Å². The van der Waals surface area contributed by atoms with E-state index in [0.29, 0.717) is 11.0 Å². The number of aromatic nitrogens is 6. The fourth-order valence-electron chi connectivity index (χ4n) is 5.45. The number of H-pyrrole nitrogens is 1. The fraction of sp³-hybridized carbons (Fsp3) is 0.455. The summed E-state index contributed by atoms with van der Waals surface area (Å²) in [6.07, 6.45) is -9.04. The lowest BCUT2D eigenvalue weighted by atomic mass is 10.1. The van der Waals surface area contributed by atoms with Crippen LogP contribution in [0.2, 0.25) is 0 Å². The van der Waals surface area contributed by atoms with Gasteiger partial charge in [-0.3, -0.25) is 28.0 Å². The smallest absolute Gasteiger partial charge is 0.387 e. The van der Waals surface area contributed by atoms with E-state index in [9.17, 15) is 29.0 Å². The number of phosphoric ester groups is 1. The van der Waals surface area contributed by atoms with Gasteiger partial charge in [-0.1, -0.05) is 12.1 Å². The standard InChI is InChI=1S/C22H24BN7O12P2/c23-43(34)37-6-12-16(15(32)20(40-12)29-7-25-9-3-1-2-4-10(9)29)42-44(35,36)38-5-11-14(31)17(41-43)21(39-11)30-8-26-13-18(30)27-22(24)28-19(13)33/h1-4,7-8,11-12,14-17,20-21,31-32H,5-6H2,(H,35,36)(H3,24,27,28,33). The van der Waals surface area contributed by atoms with Crippen LogP contribution in [0.15, 0.2) is 41.7 Å². The number of nitrogens with two attached hydrogens (primary N) is 1. The van der Waals surface area contributed by atoms with Gasteiger partial charge in [0, 0.05) is 0 Å². The van der Waals surface area contributed by atoms with Gasteiger partial charge in [0.1, 0.15) is 36.6 Å². The predicted octanol–water partition coefficient (Wildman–Crippen LogP) is -0.537. The highest BCUT2D eigenvalue weighted by molar-refractivity contribution is 7.79. The molecule has 0 aliphatic carbocycles. The molecule has 10 atom stereocenters. The third-order valence-electron chi connectivity index (χ3n) is 7.45. The molecule has 22 heteroatoms. The number of hydrogen-bond donors (Lipinski definition) is 5. The molecule has 2 radical (unpaired) electrons. The summed E-state index contributed by atoms with van der Waals surface area (Å²) >= 11 is 0. The lowest BCUT2D eigenvalue weighted by Crippen LogP contribution is -2.36. The summed E-state index contributed by atoms with van der Waals surface area (Å²) in [5, 5.41) is 22.2. The van der Waals surface area contributed by atoms with Gasteiger partial charge >= 0.3 is 7.82 Å². The van der Waals surface area contributed by atoms with E-state index in [2.05, 4.69) is 19.9 Å². The van der Waals surface area contributed by atoms with Crippen molar-refractivity contribution in [1.82, 2.24) is 29.1 Å². The van der Waals surface area contributed by atoms with E-state index < -0.39 is 83.1 Å². The monoisotopic (exact) mass is 651 g/mol. The van der Waals surface area contributed by atoms with Crippen molar-refractivity contribution in [2.24, 2.45) is 0 Å². The highest BCUT2D eigenvalue weighted by Crippen LogP contribution is 2.53. The first-order chi connectivity index (χ1) is 20.9. The number of fused-ring (bicyclic) bond motifs is 5. The van der Waals surface area contributed by atoms with Crippen LogP contribution in [0.1, 0.15) is 12.5 Å². The molecule has 6 N–H and O–H groups in total. The second-order valence-electron chi connectivity index (χ2n) is 10.3. The Morgan fingerprint density at radius 2 is 1.68 bits per heavy atom. The van der Waals surface area contributed by atoms with Crippen molar-refractivity contribution in [3.63, 3.8) is 0 Å². The first kappa shape index (κ1) is 29.7. The Bertz CT molecular complexity index is 1890. The Morgan fingerprint density at radius 3 is 2.50 bits per heavy atom. The normalized spacial score (nSPS) is 38.2. The van der Waals surface area contributed by atoms with Crippen molar-refractivity contribution in [2.45, 2.75) is 49.1 Å². The molecular weight excluding hydrogens is 627 g/mol. The number of hydrogen-bond acceptors (Lipinski definition) is 15. The van der Waals surface area contributed by atoms with Gasteiger partial charge in [0.05, 0.1) is 36.9 Å². The molecule has 3 fully saturated rings. The molecule has 3 saturated heterocycles. The zero-order valence-corrected chi connectivity index (χ0v) is 24.1. The van der Waals surface area contributed by atoms with E-state index in [1.54, 1.807) is 24.3 Å². The lowest BCUT2D eigenvalue weighted by molar-refractivity contribution is -0.0620. The number of aliphatic hydroxyl groups excluding tert-OH is 2. The van der Waals surface area contributed by atoms with Gasteiger partial charge in [-0.05, 0) is 12.1 Å². The molecule has 3 aliphatic rings. The molecule has 1 aromatic carbocycles. The number of ether oxygens (including phenoxy) is 2. The summed E-state index contributed by atoms with van der Waals surface area (Å²) in [5.74, 6) is -0.246. The summed E-state index contributed by atoms with van der Waals surface area (Å²) < 4.78 is 62.4. The summed E-state index contributed by atoms with van der Waals surface area (Å²) in [5.41, 5.74) is 5.99. The predicted molar refractivity (Wildman–Crippen MR) is 147 cm³/mol. The molecule has 232 valence electrons. The molecule has 0 saturated carbocycles. The fourth-order valence-corrected chi connectivity index (χ4v) is 7.39. The van der Waals surface area contributed by atoms with E-state index in [4.69, 9.17) is 40.9 Å². The zero-order valence-electron chi connectivity index (χ0n) is 22.3. The molecule has 7 rings (SSSR count). The number of nitrogens with zero attached hydrogens (tertiary/aromatic N) is 5. The second-order valence-corrected chi connectivity index (χ2v) is 13.2. The quantitative estimate of drug-likeness (QED) is 0.135. The van der Waals surface area contributed by atoms with Crippen molar-refractivity contribution < 1.29 is 51.8 Å². The highest BCUT2D eigenvalue weighted by atomic mass is 31.2. The van der Waals surface area contributed by atoms with Gasteiger partial charge in [0.2, 0.25) is 13.5 Å². The molecule has 3 aliphatic heterocycles. The number of para-hydroxylation sites is 2. The van der Waals surface area contributed by atoms with Crippen LogP contribution in [0, 0.1) is 0 Å². The lowest BCUT2D eigenvalue weighted by Gasteiger charge is -2.27. The third-order valence-corrected chi connectivity index (χ3v) is 9.48. The average Bonchev–Trinajstić information content (AvgIpc) is 3.72. The van der Waals surface area contributed by atoms with Crippen molar-refractivity contribution in [3.05, 3.63) is 47.3 Å². The summed E-state index contributed by atoms with van der Waals surface area (Å²) in [6.45, 7) is -1.40. The molecule has 6 heterocycles. The maximum atomic E-state index is 13.4. The minimum absolute atomic E-state index is 0.0714. The third kappa shape index (κ3) is 5.21. The zero-order chi connectivity index (χ0) is 31.0. The Morgan fingerprint density at radius 1 is 0.955 bits per heavy atom.